The fourth-order valence-electron chi connectivity index (χ4n) is 7.35. The maximum atomic E-state index is 17.0. The molecule has 0 aromatic rings. The quantitative estimate of drug-likeness (QED) is 0.630. The Kier molecular flexibility index (Phi) is 4.82. The van der Waals surface area contributed by atoms with Crippen LogP contribution in [0.4, 0.5) is 4.39 Å². The van der Waals surface area contributed by atoms with Gasteiger partial charge in [0.2, 0.25) is 5.91 Å². The molecule has 4 N–H and O–H groups in total. The summed E-state index contributed by atoms with van der Waals surface area (Å²) in [5.74, 6) is -0.582. The summed E-state index contributed by atoms with van der Waals surface area (Å²) in [5, 5.41) is 14.2. The van der Waals surface area contributed by atoms with E-state index in [4.69, 9.17) is 5.73 Å². The summed E-state index contributed by atoms with van der Waals surface area (Å²) < 4.78 is 17.0. The number of amides is 1. The number of alkyl halides is 1. The van der Waals surface area contributed by atoms with E-state index in [1.54, 1.807) is 6.08 Å². The molecule has 4 rings (SSSR count). The third kappa shape index (κ3) is 2.64. The molecule has 8 atom stereocenters. The molecule has 2 unspecified atom stereocenters. The van der Waals surface area contributed by atoms with Crippen LogP contribution in [-0.4, -0.2) is 41.7 Å². The number of hydrogen-bond donors (Lipinski definition) is 3. The molecule has 160 valence electrons. The number of aliphatic hydroxyl groups excluding tert-OH is 1. The van der Waals surface area contributed by atoms with Gasteiger partial charge in [-0.1, -0.05) is 31.6 Å². The van der Waals surface area contributed by atoms with E-state index < -0.39 is 22.6 Å². The normalized spacial score (nSPS) is 48.4. The predicted molar refractivity (Wildman–Crippen MR) is 108 cm³/mol. The van der Waals surface area contributed by atoms with Crippen molar-refractivity contribution in [2.45, 2.75) is 58.2 Å². The lowest BCUT2D eigenvalue weighted by molar-refractivity contribution is -0.189. The number of nitrogens with two attached hydrogens (primary N) is 1. The molecule has 0 bridgehead atoms. The van der Waals surface area contributed by atoms with Gasteiger partial charge < -0.3 is 16.2 Å². The minimum absolute atomic E-state index is 0.000166. The summed E-state index contributed by atoms with van der Waals surface area (Å²) >= 11 is 0. The second-order valence-electron chi connectivity index (χ2n) is 10.1. The maximum Gasteiger partial charge on any atom is 0.223 e. The largest absolute Gasteiger partial charge is 0.390 e. The highest BCUT2D eigenvalue weighted by atomic mass is 19.1. The molecule has 0 aliphatic heterocycles. The van der Waals surface area contributed by atoms with E-state index in [1.165, 1.54) is 6.08 Å². The van der Waals surface area contributed by atoms with E-state index in [-0.39, 0.29) is 48.2 Å². The number of fused-ring (bicyclic) bond motifs is 5. The number of hydrogen-bond acceptors (Lipinski definition) is 4. The zero-order chi connectivity index (χ0) is 21.2. The van der Waals surface area contributed by atoms with Crippen LogP contribution in [0.1, 0.15) is 46.5 Å². The molecule has 2 fully saturated rings. The first-order chi connectivity index (χ1) is 13.6. The predicted octanol–water partition coefficient (Wildman–Crippen LogP) is 2.29. The van der Waals surface area contributed by atoms with Gasteiger partial charge in [0.05, 0.1) is 6.10 Å². The van der Waals surface area contributed by atoms with Gasteiger partial charge in [-0.05, 0) is 49.5 Å². The SMILES string of the molecule is C[C@@H]1CC2C3CC=C4CC(=O)C=C[C@]4(C)[C@@]3(F)[C@@H](O)C[C@]2(C)[C@H]1C(=O)NCCN. The Balaban J connectivity index is 1.74. The Labute approximate surface area is 172 Å². The van der Waals surface area contributed by atoms with Gasteiger partial charge in [-0.2, -0.15) is 0 Å². The topological polar surface area (TPSA) is 92.4 Å². The van der Waals surface area contributed by atoms with Crippen molar-refractivity contribution in [1.82, 2.24) is 5.32 Å². The van der Waals surface area contributed by atoms with Crippen molar-refractivity contribution < 1.29 is 19.1 Å². The van der Waals surface area contributed by atoms with E-state index in [2.05, 4.69) is 19.2 Å². The van der Waals surface area contributed by atoms with Crippen LogP contribution in [0.25, 0.3) is 0 Å². The molecule has 0 saturated heterocycles. The molecule has 29 heavy (non-hydrogen) atoms. The lowest BCUT2D eigenvalue weighted by Gasteiger charge is -2.61. The van der Waals surface area contributed by atoms with Crippen LogP contribution in [0.15, 0.2) is 23.8 Å². The molecule has 6 heteroatoms. The number of nitrogens with one attached hydrogen (secondary N) is 1. The van der Waals surface area contributed by atoms with Gasteiger partial charge in [-0.25, -0.2) is 4.39 Å². The van der Waals surface area contributed by atoms with Gasteiger partial charge in [0, 0.05) is 36.8 Å². The van der Waals surface area contributed by atoms with Crippen LogP contribution < -0.4 is 11.1 Å². The lowest BCUT2D eigenvalue weighted by atomic mass is 9.46. The van der Waals surface area contributed by atoms with Crippen molar-refractivity contribution >= 4 is 11.7 Å². The van der Waals surface area contributed by atoms with Gasteiger partial charge in [-0.3, -0.25) is 9.59 Å². The van der Waals surface area contributed by atoms with Crippen LogP contribution >= 0.6 is 0 Å². The Morgan fingerprint density at radius 2 is 2.10 bits per heavy atom. The molecule has 0 aromatic heterocycles. The van der Waals surface area contributed by atoms with Crippen molar-refractivity contribution in [3.63, 3.8) is 0 Å². The molecular formula is C23H33FN2O3. The van der Waals surface area contributed by atoms with Crippen molar-refractivity contribution in [1.29, 1.82) is 0 Å². The highest BCUT2D eigenvalue weighted by Crippen LogP contribution is 2.69. The molecule has 4 aliphatic carbocycles. The second-order valence-corrected chi connectivity index (χ2v) is 10.1. The third-order valence-electron chi connectivity index (χ3n) is 8.67. The number of allylic oxidation sites excluding steroid dienone is 4. The lowest BCUT2D eigenvalue weighted by Crippen LogP contribution is -2.66. The van der Waals surface area contributed by atoms with Crippen molar-refractivity contribution in [2.24, 2.45) is 40.2 Å². The van der Waals surface area contributed by atoms with Gasteiger partial charge in [0.15, 0.2) is 11.5 Å². The Bertz CT molecular complexity index is 795. The molecule has 0 radical (unpaired) electrons. The maximum absolute atomic E-state index is 17.0. The molecule has 2 saturated carbocycles. The van der Waals surface area contributed by atoms with Gasteiger partial charge in [-0.15, -0.1) is 0 Å². The minimum Gasteiger partial charge on any atom is -0.390 e. The zero-order valence-electron chi connectivity index (χ0n) is 17.6. The Hall–Kier alpha value is -1.53. The number of carbonyl (C=O) groups excluding carboxylic acids is 2. The Morgan fingerprint density at radius 1 is 1.38 bits per heavy atom. The van der Waals surface area contributed by atoms with Gasteiger partial charge in [0.25, 0.3) is 0 Å². The molecule has 4 aliphatic rings. The first kappa shape index (κ1) is 20.7. The molecule has 1 amide bonds. The van der Waals surface area contributed by atoms with Crippen LogP contribution in [-0.2, 0) is 9.59 Å². The van der Waals surface area contributed by atoms with E-state index in [1.807, 2.05) is 13.0 Å². The molecular weight excluding hydrogens is 371 g/mol. The van der Waals surface area contributed by atoms with E-state index >= 15 is 4.39 Å². The molecule has 0 spiro atoms. The van der Waals surface area contributed by atoms with Crippen LogP contribution in [0.3, 0.4) is 0 Å². The first-order valence-corrected chi connectivity index (χ1v) is 10.9. The number of ketones is 1. The van der Waals surface area contributed by atoms with Crippen molar-refractivity contribution in [3.05, 3.63) is 23.8 Å². The second kappa shape index (κ2) is 6.74. The molecule has 5 nitrogen and oxygen atoms in total. The average molecular weight is 405 g/mol. The summed E-state index contributed by atoms with van der Waals surface area (Å²) in [6.07, 6.45) is 5.73. The molecule has 0 aromatic carbocycles. The monoisotopic (exact) mass is 404 g/mol. The van der Waals surface area contributed by atoms with E-state index in [9.17, 15) is 14.7 Å². The number of rotatable bonds is 3. The standard InChI is InChI=1S/C23H33FN2O3/c1-13-10-17-16-5-4-14-11-15(27)6-7-22(14,3)23(16,24)18(28)12-21(17,2)19(13)20(29)26-9-8-25/h4,6-7,13,16-19,28H,5,8-12,25H2,1-3H3,(H,26,29)/t13-,16?,17?,18+,19-,21+,22+,23+/m1/s1. The van der Waals surface area contributed by atoms with Gasteiger partial charge in [0.1, 0.15) is 0 Å². The summed E-state index contributed by atoms with van der Waals surface area (Å²) in [5.41, 5.74) is 3.06. The summed E-state index contributed by atoms with van der Waals surface area (Å²) in [7, 11) is 0. The highest BCUT2D eigenvalue weighted by molar-refractivity contribution is 5.93. The third-order valence-corrected chi connectivity index (χ3v) is 8.67. The minimum atomic E-state index is -1.83. The Morgan fingerprint density at radius 3 is 2.79 bits per heavy atom. The van der Waals surface area contributed by atoms with E-state index in [0.717, 1.165) is 12.0 Å². The van der Waals surface area contributed by atoms with Gasteiger partial charge >= 0.3 is 0 Å². The molecule has 0 heterocycles. The van der Waals surface area contributed by atoms with Crippen LogP contribution in [0.2, 0.25) is 0 Å². The van der Waals surface area contributed by atoms with Crippen molar-refractivity contribution in [2.75, 3.05) is 13.1 Å². The first-order valence-electron chi connectivity index (χ1n) is 10.9. The summed E-state index contributed by atoms with van der Waals surface area (Å²) in [6, 6.07) is 0. The summed E-state index contributed by atoms with van der Waals surface area (Å²) in [6.45, 7) is 6.74. The highest BCUT2D eigenvalue weighted by Gasteiger charge is 2.71. The smallest absolute Gasteiger partial charge is 0.223 e. The fourth-order valence-corrected chi connectivity index (χ4v) is 7.35. The fraction of sp³-hybridized carbons (Fsp3) is 0.739. The van der Waals surface area contributed by atoms with E-state index in [0.29, 0.717) is 19.5 Å². The number of aliphatic hydroxyl groups is 1. The average Bonchev–Trinajstić information content (AvgIpc) is 2.91. The number of halogens is 1. The zero-order valence-corrected chi connectivity index (χ0v) is 17.6. The van der Waals surface area contributed by atoms with Crippen LogP contribution in [0.5, 0.6) is 0 Å². The van der Waals surface area contributed by atoms with Crippen LogP contribution in [0, 0.1) is 34.5 Å². The van der Waals surface area contributed by atoms with Crippen molar-refractivity contribution in [3.8, 4) is 0 Å². The summed E-state index contributed by atoms with van der Waals surface area (Å²) in [4.78, 5) is 24.9. The number of carbonyl (C=O) groups is 2.